The van der Waals surface area contributed by atoms with E-state index in [-0.39, 0.29) is 6.04 Å². The van der Waals surface area contributed by atoms with Crippen LogP contribution in [0.15, 0.2) is 24.5 Å². The topological polar surface area (TPSA) is 59.1 Å². The molecule has 0 aliphatic heterocycles. The molecule has 1 heterocycles. The van der Waals surface area contributed by atoms with Gasteiger partial charge in [-0.3, -0.25) is 4.98 Å². The van der Waals surface area contributed by atoms with E-state index in [9.17, 15) is 0 Å². The summed E-state index contributed by atoms with van der Waals surface area (Å²) < 4.78 is 0. The number of aliphatic hydroxyl groups is 1. The van der Waals surface area contributed by atoms with E-state index >= 15 is 0 Å². The second-order valence-electron chi connectivity index (χ2n) is 2.55. The number of hydrogen-bond acceptors (Lipinski definition) is 3. The highest BCUT2D eigenvalue weighted by Gasteiger charge is 2.10. The molecule has 1 aromatic rings. The molecule has 0 aliphatic carbocycles. The Hall–Kier alpha value is -0.930. The molecule has 3 nitrogen and oxygen atoms in total. The Labute approximate surface area is 65.9 Å². The van der Waals surface area contributed by atoms with E-state index in [0.717, 1.165) is 5.56 Å². The zero-order chi connectivity index (χ0) is 8.27. The van der Waals surface area contributed by atoms with Crippen molar-refractivity contribution in [2.24, 2.45) is 5.73 Å². The summed E-state index contributed by atoms with van der Waals surface area (Å²) in [6, 6.07) is 3.32. The zero-order valence-corrected chi connectivity index (χ0v) is 6.44. The van der Waals surface area contributed by atoms with E-state index in [1.54, 1.807) is 25.4 Å². The van der Waals surface area contributed by atoms with Crippen molar-refractivity contribution >= 4 is 0 Å². The molecule has 3 N–H and O–H groups in total. The second kappa shape index (κ2) is 3.46. The maximum Gasteiger partial charge on any atom is 0.0705 e. The van der Waals surface area contributed by atoms with Crippen LogP contribution in [0.25, 0.3) is 0 Å². The summed E-state index contributed by atoms with van der Waals surface area (Å²) in [6.45, 7) is 1.66. The third-order valence-electron chi connectivity index (χ3n) is 1.59. The minimum absolute atomic E-state index is 0.330. The van der Waals surface area contributed by atoms with E-state index in [4.69, 9.17) is 10.8 Å². The smallest absolute Gasteiger partial charge is 0.0705 e. The number of pyridine rings is 1. The van der Waals surface area contributed by atoms with Gasteiger partial charge in [-0.1, -0.05) is 6.07 Å². The van der Waals surface area contributed by atoms with E-state index in [0.29, 0.717) is 0 Å². The standard InChI is InChI=1S/C8H12N2O/c1-6(11)8(9)7-3-2-4-10-5-7/h2-6,8,11H,9H2,1H3/t6?,8-/m1/s1. The van der Waals surface area contributed by atoms with Crippen molar-refractivity contribution in [1.29, 1.82) is 0 Å². The molecule has 0 spiro atoms. The van der Waals surface area contributed by atoms with E-state index < -0.39 is 6.10 Å². The van der Waals surface area contributed by atoms with Crippen molar-refractivity contribution in [1.82, 2.24) is 4.98 Å². The van der Waals surface area contributed by atoms with Gasteiger partial charge in [-0.25, -0.2) is 0 Å². The van der Waals surface area contributed by atoms with Gasteiger partial charge in [-0.2, -0.15) is 0 Å². The normalized spacial score (nSPS) is 15.9. The third kappa shape index (κ3) is 2.00. The lowest BCUT2D eigenvalue weighted by atomic mass is 10.1. The van der Waals surface area contributed by atoms with Crippen molar-refractivity contribution < 1.29 is 5.11 Å². The fourth-order valence-corrected chi connectivity index (χ4v) is 0.852. The summed E-state index contributed by atoms with van der Waals surface area (Å²) in [5, 5.41) is 9.12. The van der Waals surface area contributed by atoms with Crippen molar-refractivity contribution in [2.45, 2.75) is 19.1 Å². The Balaban J connectivity index is 2.77. The monoisotopic (exact) mass is 152 g/mol. The quantitative estimate of drug-likeness (QED) is 0.647. The van der Waals surface area contributed by atoms with E-state index in [2.05, 4.69) is 4.98 Å². The molecule has 11 heavy (non-hydrogen) atoms. The number of nitrogens with zero attached hydrogens (tertiary/aromatic N) is 1. The molecular formula is C8H12N2O. The first-order chi connectivity index (χ1) is 5.22. The summed E-state index contributed by atoms with van der Waals surface area (Å²) in [7, 11) is 0. The Bertz CT molecular complexity index is 211. The summed E-state index contributed by atoms with van der Waals surface area (Å²) in [5.41, 5.74) is 6.51. The Morgan fingerprint density at radius 1 is 1.64 bits per heavy atom. The number of rotatable bonds is 2. The SMILES string of the molecule is CC(O)[C@@H](N)c1cccnc1. The van der Waals surface area contributed by atoms with Crippen molar-refractivity contribution in [2.75, 3.05) is 0 Å². The molecule has 0 amide bonds. The van der Waals surface area contributed by atoms with E-state index in [1.165, 1.54) is 0 Å². The summed E-state index contributed by atoms with van der Waals surface area (Å²) in [5.74, 6) is 0. The lowest BCUT2D eigenvalue weighted by molar-refractivity contribution is 0.164. The molecule has 0 radical (unpaired) electrons. The fourth-order valence-electron chi connectivity index (χ4n) is 0.852. The maximum absolute atomic E-state index is 9.12. The number of hydrogen-bond donors (Lipinski definition) is 2. The van der Waals surface area contributed by atoms with Crippen LogP contribution in [0.1, 0.15) is 18.5 Å². The van der Waals surface area contributed by atoms with Crippen LogP contribution in [0.4, 0.5) is 0 Å². The van der Waals surface area contributed by atoms with Crippen LogP contribution in [0.2, 0.25) is 0 Å². The van der Waals surface area contributed by atoms with Gasteiger partial charge in [0.05, 0.1) is 12.1 Å². The Morgan fingerprint density at radius 2 is 2.36 bits per heavy atom. The van der Waals surface area contributed by atoms with Gasteiger partial charge < -0.3 is 10.8 Å². The van der Waals surface area contributed by atoms with Gasteiger partial charge >= 0.3 is 0 Å². The minimum Gasteiger partial charge on any atom is -0.391 e. The summed E-state index contributed by atoms with van der Waals surface area (Å²) in [4.78, 5) is 3.90. The molecule has 3 heteroatoms. The highest BCUT2D eigenvalue weighted by molar-refractivity contribution is 5.14. The maximum atomic E-state index is 9.12. The molecule has 2 atom stereocenters. The van der Waals surface area contributed by atoms with Crippen LogP contribution < -0.4 is 5.73 Å². The van der Waals surface area contributed by atoms with Gasteiger partial charge in [-0.15, -0.1) is 0 Å². The van der Waals surface area contributed by atoms with Crippen LogP contribution in [-0.2, 0) is 0 Å². The molecule has 0 fully saturated rings. The molecule has 60 valence electrons. The lowest BCUT2D eigenvalue weighted by Gasteiger charge is -2.13. The molecular weight excluding hydrogens is 140 g/mol. The minimum atomic E-state index is -0.529. The Morgan fingerprint density at radius 3 is 2.82 bits per heavy atom. The first-order valence-corrected chi connectivity index (χ1v) is 3.55. The van der Waals surface area contributed by atoms with Crippen LogP contribution in [-0.4, -0.2) is 16.2 Å². The van der Waals surface area contributed by atoms with Gasteiger partial charge in [0, 0.05) is 12.4 Å². The predicted molar refractivity (Wildman–Crippen MR) is 42.8 cm³/mol. The third-order valence-corrected chi connectivity index (χ3v) is 1.59. The largest absolute Gasteiger partial charge is 0.391 e. The first kappa shape index (κ1) is 8.17. The number of aromatic nitrogens is 1. The second-order valence-corrected chi connectivity index (χ2v) is 2.55. The van der Waals surface area contributed by atoms with Gasteiger partial charge in [0.1, 0.15) is 0 Å². The first-order valence-electron chi connectivity index (χ1n) is 3.55. The fraction of sp³-hybridized carbons (Fsp3) is 0.375. The molecule has 1 aromatic heterocycles. The molecule has 1 rings (SSSR count). The van der Waals surface area contributed by atoms with Crippen LogP contribution in [0.3, 0.4) is 0 Å². The molecule has 0 saturated heterocycles. The average Bonchev–Trinajstić information content (AvgIpc) is 2.05. The average molecular weight is 152 g/mol. The van der Waals surface area contributed by atoms with E-state index in [1.807, 2.05) is 6.07 Å². The van der Waals surface area contributed by atoms with Gasteiger partial charge in [0.25, 0.3) is 0 Å². The van der Waals surface area contributed by atoms with Gasteiger partial charge in [0.2, 0.25) is 0 Å². The highest BCUT2D eigenvalue weighted by atomic mass is 16.3. The molecule has 0 aliphatic rings. The highest BCUT2D eigenvalue weighted by Crippen LogP contribution is 2.11. The molecule has 0 bridgehead atoms. The zero-order valence-electron chi connectivity index (χ0n) is 6.44. The molecule has 0 aromatic carbocycles. The number of nitrogens with two attached hydrogens (primary N) is 1. The van der Waals surface area contributed by atoms with Crippen molar-refractivity contribution in [3.05, 3.63) is 30.1 Å². The Kier molecular flexibility index (Phi) is 2.57. The molecule has 1 unspecified atom stereocenters. The van der Waals surface area contributed by atoms with Gasteiger partial charge in [-0.05, 0) is 18.6 Å². The van der Waals surface area contributed by atoms with Crippen LogP contribution >= 0.6 is 0 Å². The van der Waals surface area contributed by atoms with Gasteiger partial charge in [0.15, 0.2) is 0 Å². The summed E-state index contributed by atoms with van der Waals surface area (Å²) in [6.07, 6.45) is 2.81. The summed E-state index contributed by atoms with van der Waals surface area (Å²) >= 11 is 0. The van der Waals surface area contributed by atoms with Crippen molar-refractivity contribution in [3.63, 3.8) is 0 Å². The van der Waals surface area contributed by atoms with Crippen LogP contribution in [0.5, 0.6) is 0 Å². The predicted octanol–water partition coefficient (Wildman–Crippen LogP) is 0.462. The van der Waals surface area contributed by atoms with Crippen LogP contribution in [0, 0.1) is 0 Å². The van der Waals surface area contributed by atoms with Crippen molar-refractivity contribution in [3.8, 4) is 0 Å². The number of aliphatic hydroxyl groups excluding tert-OH is 1. The molecule has 0 saturated carbocycles. The lowest BCUT2D eigenvalue weighted by Crippen LogP contribution is -2.23.